The smallest absolute Gasteiger partial charge is 0.423 e. The summed E-state index contributed by atoms with van der Waals surface area (Å²) in [6.45, 7) is 0. The quantitative estimate of drug-likeness (QED) is 0.312. The van der Waals surface area contributed by atoms with Gasteiger partial charge < -0.3 is 14.6 Å². The number of fused-ring (bicyclic) bond motifs is 4. The lowest BCUT2D eigenvalue weighted by atomic mass is 9.49. The molecule has 2 heterocycles. The van der Waals surface area contributed by atoms with Crippen molar-refractivity contribution in [2.24, 2.45) is 23.7 Å². The molecule has 0 radical (unpaired) electrons. The Kier molecular flexibility index (Phi) is 7.01. The van der Waals surface area contributed by atoms with Crippen LogP contribution >= 0.6 is 11.6 Å². The van der Waals surface area contributed by atoms with Crippen molar-refractivity contribution in [2.45, 2.75) is 24.2 Å². The van der Waals surface area contributed by atoms with Gasteiger partial charge in [-0.1, -0.05) is 65.7 Å². The van der Waals surface area contributed by atoms with Gasteiger partial charge in [-0.25, -0.2) is 9.69 Å². The third-order valence-electron chi connectivity index (χ3n) is 10.1. The van der Waals surface area contributed by atoms with E-state index in [0.29, 0.717) is 32.3 Å². The lowest BCUT2D eigenvalue weighted by Crippen LogP contribution is -2.53. The van der Waals surface area contributed by atoms with Gasteiger partial charge >= 0.3 is 6.09 Å². The third kappa shape index (κ3) is 3.99. The summed E-state index contributed by atoms with van der Waals surface area (Å²) in [7, 11) is 2.53. The van der Waals surface area contributed by atoms with Crippen molar-refractivity contribution in [3.05, 3.63) is 101 Å². The zero-order chi connectivity index (χ0) is 32.5. The van der Waals surface area contributed by atoms with E-state index in [-0.39, 0.29) is 24.3 Å². The minimum atomic E-state index is -1.50. The molecule has 1 saturated carbocycles. The maximum Gasteiger partial charge on any atom is 0.423 e. The highest BCUT2D eigenvalue weighted by atomic mass is 35.5. The molecule has 3 aromatic carbocycles. The first kappa shape index (κ1) is 29.7. The summed E-state index contributed by atoms with van der Waals surface area (Å²) in [5, 5.41) is 11.3. The van der Waals surface area contributed by atoms with Crippen LogP contribution in [-0.2, 0) is 29.3 Å². The van der Waals surface area contributed by atoms with Gasteiger partial charge in [-0.05, 0) is 60.2 Å². The van der Waals surface area contributed by atoms with Crippen LogP contribution in [0.2, 0.25) is 5.02 Å². The van der Waals surface area contributed by atoms with E-state index in [4.69, 9.17) is 21.1 Å². The van der Waals surface area contributed by atoms with Crippen molar-refractivity contribution in [1.82, 2.24) is 4.90 Å². The first-order chi connectivity index (χ1) is 22.1. The normalized spacial score (nSPS) is 28.4. The summed E-state index contributed by atoms with van der Waals surface area (Å²) in [4.78, 5) is 71.3. The number of benzene rings is 3. The first-order valence-corrected chi connectivity index (χ1v) is 15.2. The number of carbonyl (C=O) groups excluding carboxylic acids is 5. The van der Waals surface area contributed by atoms with Crippen LogP contribution in [0.25, 0.3) is 0 Å². The topological polar surface area (TPSA) is 131 Å². The molecular formula is C35H29ClN2O8. The molecular weight excluding hydrogens is 612 g/mol. The number of allylic oxidation sites excluding steroid dienone is 2. The summed E-state index contributed by atoms with van der Waals surface area (Å²) >= 11 is 6.33. The van der Waals surface area contributed by atoms with Gasteiger partial charge in [-0.2, -0.15) is 4.90 Å². The number of methoxy groups -OCH3 is 2. The molecule has 6 unspecified atom stereocenters. The van der Waals surface area contributed by atoms with Crippen molar-refractivity contribution in [2.75, 3.05) is 19.1 Å². The number of carbonyl (C=O) groups is 5. The van der Waals surface area contributed by atoms with Crippen molar-refractivity contribution in [1.29, 1.82) is 0 Å². The predicted molar refractivity (Wildman–Crippen MR) is 165 cm³/mol. The number of imide groups is 4. The molecule has 2 saturated heterocycles. The Balaban J connectivity index is 1.49. The number of likely N-dealkylation sites (tertiary alicyclic amines) is 1. The Labute approximate surface area is 269 Å². The summed E-state index contributed by atoms with van der Waals surface area (Å²) < 4.78 is 10.1. The first-order valence-electron chi connectivity index (χ1n) is 14.9. The number of phenolic OH excluding ortho intramolecular Hbond substituents is 1. The van der Waals surface area contributed by atoms with Gasteiger partial charge in [0.25, 0.3) is 0 Å². The van der Waals surface area contributed by atoms with Crippen molar-refractivity contribution in [3.63, 3.8) is 0 Å². The molecule has 46 heavy (non-hydrogen) atoms. The number of ether oxygens (including phenoxy) is 2. The fourth-order valence-corrected chi connectivity index (χ4v) is 8.46. The molecule has 6 atom stereocenters. The highest BCUT2D eigenvalue weighted by molar-refractivity contribution is 6.32. The Morgan fingerprint density at radius 3 is 2.35 bits per heavy atom. The van der Waals surface area contributed by atoms with Gasteiger partial charge in [0.2, 0.25) is 23.6 Å². The summed E-state index contributed by atoms with van der Waals surface area (Å²) in [5.41, 5.74) is 0.618. The average molecular weight is 641 g/mol. The van der Waals surface area contributed by atoms with E-state index in [1.54, 1.807) is 48.5 Å². The maximum atomic E-state index is 15.1. The van der Waals surface area contributed by atoms with E-state index < -0.39 is 64.7 Å². The Bertz CT molecular complexity index is 1860. The van der Waals surface area contributed by atoms with Crippen LogP contribution in [0.3, 0.4) is 0 Å². The predicted octanol–water partition coefficient (Wildman–Crippen LogP) is 4.98. The molecule has 0 aromatic heterocycles. The van der Waals surface area contributed by atoms with E-state index in [0.717, 1.165) is 12.0 Å². The molecule has 0 bridgehead atoms. The molecule has 234 valence electrons. The fourth-order valence-electron chi connectivity index (χ4n) is 8.28. The number of nitrogens with zero attached hydrogens (tertiary/aromatic N) is 2. The Hall–Kier alpha value is -4.96. The van der Waals surface area contributed by atoms with Crippen molar-refractivity contribution in [3.8, 4) is 11.5 Å². The highest BCUT2D eigenvalue weighted by Crippen LogP contribution is 2.64. The van der Waals surface area contributed by atoms with Crippen molar-refractivity contribution < 1.29 is 38.6 Å². The number of halogens is 1. The number of aromatic hydroxyl groups is 1. The van der Waals surface area contributed by atoms with E-state index in [9.17, 15) is 24.3 Å². The molecule has 3 fully saturated rings. The lowest BCUT2D eigenvalue weighted by Gasteiger charge is -2.50. The van der Waals surface area contributed by atoms with Crippen LogP contribution < -0.4 is 9.64 Å². The van der Waals surface area contributed by atoms with E-state index in [1.165, 1.54) is 13.2 Å². The zero-order valence-electron chi connectivity index (χ0n) is 24.9. The standard InChI is InChI=1S/C35H29ClN2O8/c1-45-27-14-11-18(15-26(27)39)29-22-12-13-23-28(32(42)38(30(23)40)34(44)46-2)24(22)17-25-31(41)37(21-10-6-9-20(36)16-21)33(43)35(25,29)19-7-4-3-5-8-19/h3-12,14-16,23-25,28-29,39H,13,17H2,1-2H3. The van der Waals surface area contributed by atoms with E-state index >= 15 is 4.79 Å². The maximum absolute atomic E-state index is 15.1. The number of phenols is 1. The summed E-state index contributed by atoms with van der Waals surface area (Å²) in [5.74, 6) is -6.49. The van der Waals surface area contributed by atoms with E-state index in [1.807, 2.05) is 24.3 Å². The molecule has 2 aliphatic heterocycles. The zero-order valence-corrected chi connectivity index (χ0v) is 25.6. The van der Waals surface area contributed by atoms with Crippen LogP contribution in [0.4, 0.5) is 10.5 Å². The largest absolute Gasteiger partial charge is 0.504 e. The lowest BCUT2D eigenvalue weighted by molar-refractivity contribution is -0.138. The molecule has 11 heteroatoms. The Morgan fingerprint density at radius 1 is 0.913 bits per heavy atom. The average Bonchev–Trinajstić information content (AvgIpc) is 3.45. The molecule has 7 rings (SSSR count). The fraction of sp³-hybridized carbons (Fsp3) is 0.286. The van der Waals surface area contributed by atoms with E-state index in [2.05, 4.69) is 0 Å². The Morgan fingerprint density at radius 2 is 1.67 bits per heavy atom. The minimum Gasteiger partial charge on any atom is -0.504 e. The SMILES string of the molecule is COC(=O)N1C(=O)C2CC=C3C(CC4C(=O)N(c5cccc(Cl)c5)C(=O)C4(c4ccccc4)C3c3ccc(OC)c(O)c3)C2C1=O. The third-order valence-corrected chi connectivity index (χ3v) is 10.3. The van der Waals surface area contributed by atoms with Crippen molar-refractivity contribution >= 4 is 47.0 Å². The number of hydrogen-bond donors (Lipinski definition) is 1. The molecule has 10 nitrogen and oxygen atoms in total. The molecule has 0 spiro atoms. The number of anilines is 1. The molecule has 4 aliphatic rings. The van der Waals surface area contributed by atoms with Gasteiger partial charge in [0.05, 0.1) is 43.1 Å². The molecule has 3 aromatic rings. The minimum absolute atomic E-state index is 0.0657. The number of hydrogen-bond acceptors (Lipinski definition) is 8. The molecule has 2 aliphatic carbocycles. The van der Waals surface area contributed by atoms with Gasteiger partial charge in [-0.3, -0.25) is 19.2 Å². The summed E-state index contributed by atoms with van der Waals surface area (Å²) in [6, 6.07) is 20.4. The second-order valence-corrected chi connectivity index (χ2v) is 12.4. The molecule has 1 N–H and O–H groups in total. The van der Waals surface area contributed by atoms with Crippen LogP contribution in [0, 0.1) is 23.7 Å². The molecule has 5 amide bonds. The van der Waals surface area contributed by atoms with Crippen LogP contribution in [-0.4, -0.2) is 53.9 Å². The monoisotopic (exact) mass is 640 g/mol. The number of amides is 5. The van der Waals surface area contributed by atoms with Crippen LogP contribution in [0.1, 0.15) is 29.9 Å². The van der Waals surface area contributed by atoms with Gasteiger partial charge in [-0.15, -0.1) is 0 Å². The van der Waals surface area contributed by atoms with Gasteiger partial charge in [0.15, 0.2) is 11.5 Å². The van der Waals surface area contributed by atoms with Crippen LogP contribution in [0.5, 0.6) is 11.5 Å². The highest BCUT2D eigenvalue weighted by Gasteiger charge is 2.70. The van der Waals surface area contributed by atoms with Gasteiger partial charge in [0, 0.05) is 10.9 Å². The second-order valence-electron chi connectivity index (χ2n) is 12.0. The summed E-state index contributed by atoms with van der Waals surface area (Å²) in [6.07, 6.45) is 1.01. The second kappa shape index (κ2) is 10.8. The number of rotatable bonds is 4. The van der Waals surface area contributed by atoms with Gasteiger partial charge in [0.1, 0.15) is 0 Å². The van der Waals surface area contributed by atoms with Crippen LogP contribution in [0.15, 0.2) is 84.4 Å².